The van der Waals surface area contributed by atoms with Gasteiger partial charge in [-0.1, -0.05) is 24.3 Å². The quantitative estimate of drug-likeness (QED) is 0.555. The van der Waals surface area contributed by atoms with Gasteiger partial charge in [-0.15, -0.1) is 0 Å². The SMILES string of the molecule is COc1ccccc1C(=O)NCCc1nc2ccccc2n1CC(=O)N(C(C)C)C(C)C. The van der Waals surface area contributed by atoms with Crippen LogP contribution in [-0.2, 0) is 17.8 Å². The highest BCUT2D eigenvalue weighted by atomic mass is 16.5. The fraction of sp³-hybridized carbons (Fsp3) is 0.400. The van der Waals surface area contributed by atoms with Crippen LogP contribution in [-0.4, -0.2) is 52.0 Å². The number of methoxy groups -OCH3 is 1. The molecule has 1 heterocycles. The van der Waals surface area contributed by atoms with E-state index in [4.69, 9.17) is 9.72 Å². The number of rotatable bonds is 9. The fourth-order valence-corrected chi connectivity index (χ4v) is 4.10. The molecule has 3 aromatic rings. The summed E-state index contributed by atoms with van der Waals surface area (Å²) >= 11 is 0. The van der Waals surface area contributed by atoms with Gasteiger partial charge in [0, 0.05) is 25.0 Å². The highest BCUT2D eigenvalue weighted by Gasteiger charge is 2.22. The van der Waals surface area contributed by atoms with Gasteiger partial charge in [0.05, 0.1) is 23.7 Å². The molecule has 7 nitrogen and oxygen atoms in total. The maximum atomic E-state index is 13.1. The number of nitrogens with one attached hydrogen (secondary N) is 1. The molecular formula is C25H32N4O3. The predicted molar refractivity (Wildman–Crippen MR) is 126 cm³/mol. The van der Waals surface area contributed by atoms with Crippen molar-refractivity contribution < 1.29 is 14.3 Å². The summed E-state index contributed by atoms with van der Waals surface area (Å²) in [6, 6.07) is 15.1. The molecule has 2 amide bonds. The Morgan fingerprint density at radius 1 is 1.03 bits per heavy atom. The van der Waals surface area contributed by atoms with Crippen molar-refractivity contribution in [3.05, 3.63) is 59.9 Å². The van der Waals surface area contributed by atoms with E-state index in [-0.39, 0.29) is 30.4 Å². The van der Waals surface area contributed by atoms with Gasteiger partial charge in [-0.3, -0.25) is 9.59 Å². The van der Waals surface area contributed by atoms with Crippen LogP contribution in [0.15, 0.2) is 48.5 Å². The Morgan fingerprint density at radius 2 is 1.69 bits per heavy atom. The maximum Gasteiger partial charge on any atom is 0.255 e. The van der Waals surface area contributed by atoms with Crippen LogP contribution in [0.3, 0.4) is 0 Å². The molecule has 0 bridgehead atoms. The van der Waals surface area contributed by atoms with Crippen molar-refractivity contribution in [1.82, 2.24) is 19.8 Å². The van der Waals surface area contributed by atoms with Crippen molar-refractivity contribution >= 4 is 22.8 Å². The molecule has 0 unspecified atom stereocenters. The van der Waals surface area contributed by atoms with Gasteiger partial charge in [0.1, 0.15) is 18.1 Å². The molecule has 0 aliphatic carbocycles. The van der Waals surface area contributed by atoms with Crippen molar-refractivity contribution in [3.8, 4) is 5.75 Å². The van der Waals surface area contributed by atoms with Crippen LogP contribution in [0.5, 0.6) is 5.75 Å². The Bertz CT molecular complexity index is 1080. The van der Waals surface area contributed by atoms with Gasteiger partial charge in [-0.2, -0.15) is 0 Å². The van der Waals surface area contributed by atoms with E-state index in [1.165, 1.54) is 0 Å². The highest BCUT2D eigenvalue weighted by molar-refractivity contribution is 5.96. The Labute approximate surface area is 189 Å². The summed E-state index contributed by atoms with van der Waals surface area (Å²) in [5.41, 5.74) is 2.24. The first-order chi connectivity index (χ1) is 15.3. The largest absolute Gasteiger partial charge is 0.496 e. The zero-order chi connectivity index (χ0) is 23.3. The summed E-state index contributed by atoms with van der Waals surface area (Å²) in [5.74, 6) is 1.15. The average Bonchev–Trinajstić information content (AvgIpc) is 3.10. The first-order valence-electron chi connectivity index (χ1n) is 11.0. The minimum atomic E-state index is -0.202. The molecule has 0 radical (unpaired) electrons. The molecule has 2 aromatic carbocycles. The number of amides is 2. The number of aromatic nitrogens is 2. The molecule has 170 valence electrons. The topological polar surface area (TPSA) is 76.5 Å². The number of nitrogens with zero attached hydrogens (tertiary/aromatic N) is 3. The molecule has 0 saturated carbocycles. The molecule has 0 aliphatic rings. The molecule has 0 saturated heterocycles. The Kier molecular flexibility index (Phi) is 7.51. The molecule has 0 atom stereocenters. The molecule has 32 heavy (non-hydrogen) atoms. The number of benzene rings is 2. The lowest BCUT2D eigenvalue weighted by Crippen LogP contribution is -2.43. The van der Waals surface area contributed by atoms with Crippen LogP contribution in [0.1, 0.15) is 43.9 Å². The average molecular weight is 437 g/mol. The smallest absolute Gasteiger partial charge is 0.255 e. The molecule has 0 aliphatic heterocycles. The van der Waals surface area contributed by atoms with Gasteiger partial charge in [-0.25, -0.2) is 4.98 Å². The first-order valence-corrected chi connectivity index (χ1v) is 11.0. The second-order valence-electron chi connectivity index (χ2n) is 8.30. The summed E-state index contributed by atoms with van der Waals surface area (Å²) in [7, 11) is 1.54. The van der Waals surface area contributed by atoms with Gasteiger partial charge in [0.2, 0.25) is 5.91 Å². The van der Waals surface area contributed by atoms with E-state index in [1.807, 2.05) is 67.5 Å². The lowest BCUT2D eigenvalue weighted by atomic mass is 10.2. The van der Waals surface area contributed by atoms with E-state index >= 15 is 0 Å². The third kappa shape index (κ3) is 5.10. The van der Waals surface area contributed by atoms with E-state index in [9.17, 15) is 9.59 Å². The van der Waals surface area contributed by atoms with Gasteiger partial charge >= 0.3 is 0 Å². The monoisotopic (exact) mass is 436 g/mol. The highest BCUT2D eigenvalue weighted by Crippen LogP contribution is 2.19. The lowest BCUT2D eigenvalue weighted by Gasteiger charge is -2.31. The van der Waals surface area contributed by atoms with Gasteiger partial charge in [0.25, 0.3) is 5.91 Å². The summed E-state index contributed by atoms with van der Waals surface area (Å²) < 4.78 is 7.24. The fourth-order valence-electron chi connectivity index (χ4n) is 4.10. The molecule has 1 N–H and O–H groups in total. The number of imidazole rings is 1. The molecule has 1 aromatic heterocycles. The Morgan fingerprint density at radius 3 is 2.38 bits per heavy atom. The van der Waals surface area contributed by atoms with Crippen LogP contribution in [0.2, 0.25) is 0 Å². The van der Waals surface area contributed by atoms with Gasteiger partial charge in [0.15, 0.2) is 0 Å². The van der Waals surface area contributed by atoms with Gasteiger partial charge in [-0.05, 0) is 52.0 Å². The number of carbonyl (C=O) groups is 2. The second kappa shape index (κ2) is 10.3. The number of carbonyl (C=O) groups excluding carboxylic acids is 2. The third-order valence-corrected chi connectivity index (χ3v) is 5.41. The number of ether oxygens (including phenoxy) is 1. The van der Waals surface area contributed by atoms with E-state index < -0.39 is 0 Å². The van der Waals surface area contributed by atoms with E-state index in [0.717, 1.165) is 16.9 Å². The molecule has 7 heteroatoms. The zero-order valence-corrected chi connectivity index (χ0v) is 19.5. The summed E-state index contributed by atoms with van der Waals surface area (Å²) in [4.78, 5) is 32.4. The number of hydrogen-bond donors (Lipinski definition) is 1. The minimum absolute atomic E-state index is 0.0532. The first kappa shape index (κ1) is 23.3. The molecule has 3 rings (SSSR count). The Hall–Kier alpha value is -3.35. The second-order valence-corrected chi connectivity index (χ2v) is 8.30. The third-order valence-electron chi connectivity index (χ3n) is 5.41. The number of hydrogen-bond acceptors (Lipinski definition) is 4. The number of fused-ring (bicyclic) bond motifs is 1. The van der Waals surface area contributed by atoms with E-state index in [1.54, 1.807) is 25.3 Å². The van der Waals surface area contributed by atoms with E-state index in [0.29, 0.717) is 24.3 Å². The van der Waals surface area contributed by atoms with Crippen molar-refractivity contribution in [3.63, 3.8) is 0 Å². The molecule has 0 spiro atoms. The molecule has 0 fully saturated rings. The summed E-state index contributed by atoms with van der Waals surface area (Å²) in [5, 5.41) is 2.94. The van der Waals surface area contributed by atoms with Crippen molar-refractivity contribution in [1.29, 1.82) is 0 Å². The minimum Gasteiger partial charge on any atom is -0.496 e. The summed E-state index contributed by atoms with van der Waals surface area (Å²) in [6.45, 7) is 8.71. The zero-order valence-electron chi connectivity index (χ0n) is 19.5. The van der Waals surface area contributed by atoms with Crippen molar-refractivity contribution in [2.24, 2.45) is 0 Å². The standard InChI is InChI=1S/C25H32N4O3/c1-17(2)29(18(3)4)24(30)16-28-21-12-8-7-11-20(21)27-23(28)14-15-26-25(31)19-10-6-9-13-22(19)32-5/h6-13,17-18H,14-16H2,1-5H3,(H,26,31). The van der Waals surface area contributed by atoms with Crippen LogP contribution in [0, 0.1) is 0 Å². The Balaban J connectivity index is 1.78. The van der Waals surface area contributed by atoms with Gasteiger partial charge < -0.3 is 19.5 Å². The van der Waals surface area contributed by atoms with Crippen LogP contribution >= 0.6 is 0 Å². The van der Waals surface area contributed by atoms with Crippen molar-refractivity contribution in [2.75, 3.05) is 13.7 Å². The normalized spacial score (nSPS) is 11.2. The summed E-state index contributed by atoms with van der Waals surface area (Å²) in [6.07, 6.45) is 0.506. The van der Waals surface area contributed by atoms with Crippen molar-refractivity contribution in [2.45, 2.75) is 52.7 Å². The maximum absolute atomic E-state index is 13.1. The van der Waals surface area contributed by atoms with E-state index in [2.05, 4.69) is 5.32 Å². The predicted octanol–water partition coefficient (Wildman–Crippen LogP) is 3.66. The van der Waals surface area contributed by atoms with Crippen LogP contribution < -0.4 is 10.1 Å². The lowest BCUT2D eigenvalue weighted by molar-refractivity contribution is -0.135. The molecular weight excluding hydrogens is 404 g/mol. The number of para-hydroxylation sites is 3. The van der Waals surface area contributed by atoms with Crippen LogP contribution in [0.4, 0.5) is 0 Å². The van der Waals surface area contributed by atoms with Crippen LogP contribution in [0.25, 0.3) is 11.0 Å².